The van der Waals surface area contributed by atoms with E-state index in [1.54, 1.807) is 33.7 Å². The lowest BCUT2D eigenvalue weighted by Crippen LogP contribution is -2.39. The number of methoxy groups -OCH3 is 1. The van der Waals surface area contributed by atoms with E-state index in [2.05, 4.69) is 4.90 Å². The first-order valence-corrected chi connectivity index (χ1v) is 14.9. The van der Waals surface area contributed by atoms with Gasteiger partial charge in [0, 0.05) is 48.6 Å². The number of benzene rings is 2. The summed E-state index contributed by atoms with van der Waals surface area (Å²) in [6.07, 6.45) is 3.78. The molecule has 2 fully saturated rings. The number of amides is 1. The second kappa shape index (κ2) is 10.7. The molecule has 8 nitrogen and oxygen atoms in total. The summed E-state index contributed by atoms with van der Waals surface area (Å²) in [5, 5.41) is 4.74. The first-order chi connectivity index (χ1) is 20.8. The summed E-state index contributed by atoms with van der Waals surface area (Å²) in [6, 6.07) is 13.2. The van der Waals surface area contributed by atoms with Crippen molar-refractivity contribution in [2.75, 3.05) is 31.6 Å². The van der Waals surface area contributed by atoms with Gasteiger partial charge in [0.1, 0.15) is 17.3 Å². The molecule has 2 aliphatic heterocycles. The van der Waals surface area contributed by atoms with E-state index < -0.39 is 0 Å². The molecule has 3 aliphatic rings. The lowest BCUT2D eigenvalue weighted by atomic mass is 9.93. The van der Waals surface area contributed by atoms with E-state index in [1.807, 2.05) is 19.1 Å². The first-order valence-electron chi connectivity index (χ1n) is 14.9. The molecule has 1 aliphatic carbocycles. The second-order valence-electron chi connectivity index (χ2n) is 12.0. The molecule has 4 heterocycles. The number of halogens is 2. The van der Waals surface area contributed by atoms with E-state index in [1.165, 1.54) is 19.2 Å². The molecular formula is C33H33F2N5O3. The van der Waals surface area contributed by atoms with Gasteiger partial charge in [-0.3, -0.25) is 9.59 Å². The van der Waals surface area contributed by atoms with Crippen LogP contribution in [0.25, 0.3) is 16.9 Å². The van der Waals surface area contributed by atoms with Gasteiger partial charge in [-0.1, -0.05) is 6.07 Å². The van der Waals surface area contributed by atoms with Crippen LogP contribution in [0.2, 0.25) is 0 Å². The number of carbonyl (C=O) groups is 2. The van der Waals surface area contributed by atoms with Crippen molar-refractivity contribution in [3.05, 3.63) is 82.7 Å². The van der Waals surface area contributed by atoms with Crippen molar-refractivity contribution in [3.8, 4) is 11.3 Å². The standard InChI is InChI=1S/C33H33F2N5O3/c1-19-25-7-5-23(34)14-22(25)10-12-39(19)33(42)29-16-30(21-3-4-21)40-31(36-29)17-28(37-40)26-8-6-24(15-27(26)35)38-11-9-20(18-38)13-32(41)43-2/h5-8,14-17,19-21H,3-4,9-13,18H2,1-2H3/t19-,20+/m1/s1. The maximum absolute atomic E-state index is 15.5. The number of anilines is 1. The fourth-order valence-corrected chi connectivity index (χ4v) is 6.60. The number of hydrogen-bond acceptors (Lipinski definition) is 6. The average molecular weight is 586 g/mol. The SMILES string of the molecule is COC(=O)C[C@@H]1CCN(c2ccc(-c3cc4nc(C(=O)N5CCc6cc(F)ccc6[C@H]5C)cc(C5CC5)n4n3)c(F)c2)C1. The van der Waals surface area contributed by atoms with Crippen molar-refractivity contribution in [1.82, 2.24) is 19.5 Å². The van der Waals surface area contributed by atoms with Crippen LogP contribution in [-0.2, 0) is 16.0 Å². The fourth-order valence-electron chi connectivity index (χ4n) is 6.60. The molecule has 1 saturated carbocycles. The number of fused-ring (bicyclic) bond motifs is 2. The maximum atomic E-state index is 15.5. The Labute approximate surface area is 248 Å². The van der Waals surface area contributed by atoms with Crippen LogP contribution in [0.3, 0.4) is 0 Å². The van der Waals surface area contributed by atoms with E-state index in [4.69, 9.17) is 14.8 Å². The second-order valence-corrected chi connectivity index (χ2v) is 12.0. The summed E-state index contributed by atoms with van der Waals surface area (Å²) in [5.74, 6) is -0.609. The smallest absolute Gasteiger partial charge is 0.305 e. The quantitative estimate of drug-likeness (QED) is 0.270. The molecular weight excluding hydrogens is 552 g/mol. The number of ether oxygens (including phenoxy) is 1. The van der Waals surface area contributed by atoms with Gasteiger partial charge in [0.15, 0.2) is 5.65 Å². The van der Waals surface area contributed by atoms with Crippen molar-refractivity contribution in [2.24, 2.45) is 5.92 Å². The molecule has 10 heteroatoms. The predicted octanol–water partition coefficient (Wildman–Crippen LogP) is 5.70. The number of aromatic nitrogens is 3. The topological polar surface area (TPSA) is 80.0 Å². The highest BCUT2D eigenvalue weighted by Gasteiger charge is 2.33. The van der Waals surface area contributed by atoms with Gasteiger partial charge in [0.25, 0.3) is 5.91 Å². The normalized spacial score (nSPS) is 20.0. The Kier molecular flexibility index (Phi) is 6.86. The molecule has 4 aromatic rings. The Morgan fingerprint density at radius 1 is 1.02 bits per heavy atom. The van der Waals surface area contributed by atoms with Crippen molar-refractivity contribution in [1.29, 1.82) is 0 Å². The summed E-state index contributed by atoms with van der Waals surface area (Å²) in [7, 11) is 1.39. The Balaban J connectivity index is 1.16. The molecule has 1 amide bonds. The van der Waals surface area contributed by atoms with E-state index in [9.17, 15) is 14.0 Å². The molecule has 222 valence electrons. The predicted molar refractivity (Wildman–Crippen MR) is 157 cm³/mol. The molecule has 0 unspecified atom stereocenters. The van der Waals surface area contributed by atoms with Gasteiger partial charge in [-0.2, -0.15) is 5.10 Å². The largest absolute Gasteiger partial charge is 0.469 e. The first kappa shape index (κ1) is 27.5. The van der Waals surface area contributed by atoms with Crippen molar-refractivity contribution >= 4 is 23.2 Å². The van der Waals surface area contributed by atoms with Gasteiger partial charge in [-0.05, 0) is 86.1 Å². The molecule has 0 spiro atoms. The van der Waals surface area contributed by atoms with Crippen LogP contribution in [0.4, 0.5) is 14.5 Å². The number of carbonyl (C=O) groups excluding carboxylic acids is 2. The molecule has 2 atom stereocenters. The monoisotopic (exact) mass is 585 g/mol. The number of rotatable bonds is 6. The Morgan fingerprint density at radius 3 is 2.63 bits per heavy atom. The summed E-state index contributed by atoms with van der Waals surface area (Å²) in [5.41, 5.74) is 5.20. The Bertz CT molecular complexity index is 1750. The zero-order valence-electron chi connectivity index (χ0n) is 24.2. The van der Waals surface area contributed by atoms with Gasteiger partial charge >= 0.3 is 5.97 Å². The van der Waals surface area contributed by atoms with Crippen LogP contribution in [0.1, 0.15) is 71.9 Å². The van der Waals surface area contributed by atoms with Crippen molar-refractivity contribution in [3.63, 3.8) is 0 Å². The van der Waals surface area contributed by atoms with E-state index >= 15 is 4.39 Å². The fraction of sp³-hybridized carbons (Fsp3) is 0.394. The van der Waals surface area contributed by atoms with Gasteiger partial charge < -0.3 is 14.5 Å². The summed E-state index contributed by atoms with van der Waals surface area (Å²) >= 11 is 0. The van der Waals surface area contributed by atoms with E-state index in [-0.39, 0.29) is 41.4 Å². The number of nitrogens with zero attached hydrogens (tertiary/aromatic N) is 5. The Morgan fingerprint density at radius 2 is 1.86 bits per heavy atom. The zero-order chi connectivity index (χ0) is 29.8. The van der Waals surface area contributed by atoms with E-state index in [0.717, 1.165) is 48.3 Å². The minimum Gasteiger partial charge on any atom is -0.469 e. The van der Waals surface area contributed by atoms with Crippen LogP contribution in [0.15, 0.2) is 48.5 Å². The van der Waals surface area contributed by atoms with Crippen LogP contribution in [0.5, 0.6) is 0 Å². The van der Waals surface area contributed by atoms with Gasteiger partial charge in [-0.15, -0.1) is 0 Å². The minimum absolute atomic E-state index is 0.179. The highest BCUT2D eigenvalue weighted by atomic mass is 19.1. The maximum Gasteiger partial charge on any atom is 0.305 e. The molecule has 43 heavy (non-hydrogen) atoms. The molecule has 0 N–H and O–H groups in total. The van der Waals surface area contributed by atoms with Gasteiger partial charge in [0.2, 0.25) is 0 Å². The number of hydrogen-bond donors (Lipinski definition) is 0. The lowest BCUT2D eigenvalue weighted by Gasteiger charge is -2.35. The molecule has 0 bridgehead atoms. The van der Waals surface area contributed by atoms with Crippen LogP contribution in [0, 0.1) is 17.6 Å². The minimum atomic E-state index is -0.390. The van der Waals surface area contributed by atoms with Crippen molar-refractivity contribution < 1.29 is 23.1 Å². The summed E-state index contributed by atoms with van der Waals surface area (Å²) < 4.78 is 35.9. The van der Waals surface area contributed by atoms with Crippen LogP contribution >= 0.6 is 0 Å². The van der Waals surface area contributed by atoms with Gasteiger partial charge in [0.05, 0.1) is 25.3 Å². The lowest BCUT2D eigenvalue weighted by molar-refractivity contribution is -0.141. The van der Waals surface area contributed by atoms with E-state index in [0.29, 0.717) is 48.5 Å². The molecule has 2 aromatic heterocycles. The van der Waals surface area contributed by atoms with Crippen LogP contribution in [-0.4, -0.2) is 58.1 Å². The van der Waals surface area contributed by atoms with Crippen LogP contribution < -0.4 is 4.90 Å². The summed E-state index contributed by atoms with van der Waals surface area (Å²) in [4.78, 5) is 34.0. The molecule has 1 saturated heterocycles. The molecule has 2 aromatic carbocycles. The third kappa shape index (κ3) is 5.13. The Hall–Kier alpha value is -4.34. The van der Waals surface area contributed by atoms with Crippen molar-refractivity contribution in [2.45, 2.75) is 51.0 Å². The molecule has 0 radical (unpaired) electrons. The number of esters is 1. The molecule has 7 rings (SSSR count). The average Bonchev–Trinajstić information content (AvgIpc) is 3.59. The highest BCUT2D eigenvalue weighted by Crippen LogP contribution is 2.41. The third-order valence-electron chi connectivity index (χ3n) is 9.14. The third-order valence-corrected chi connectivity index (χ3v) is 9.14. The van der Waals surface area contributed by atoms with Gasteiger partial charge in [-0.25, -0.2) is 18.3 Å². The highest BCUT2D eigenvalue weighted by molar-refractivity contribution is 5.93. The zero-order valence-corrected chi connectivity index (χ0v) is 24.2. The summed E-state index contributed by atoms with van der Waals surface area (Å²) in [6.45, 7) is 3.85.